The van der Waals surface area contributed by atoms with Crippen molar-refractivity contribution in [3.63, 3.8) is 0 Å². The fourth-order valence-corrected chi connectivity index (χ4v) is 3.68. The molecule has 3 rings (SSSR count). The van der Waals surface area contributed by atoms with E-state index in [1.807, 2.05) is 30.3 Å². The summed E-state index contributed by atoms with van der Waals surface area (Å²) in [5.74, 6) is 0.881. The average molecular weight is 457 g/mol. The quantitative estimate of drug-likeness (QED) is 0.612. The van der Waals surface area contributed by atoms with Gasteiger partial charge in [0.05, 0.1) is 25.9 Å². The van der Waals surface area contributed by atoms with Gasteiger partial charge in [-0.1, -0.05) is 37.3 Å². The van der Waals surface area contributed by atoms with Crippen LogP contribution >= 0.6 is 24.8 Å². The number of piperazine rings is 1. The number of aliphatic hydroxyl groups excluding tert-OH is 1. The van der Waals surface area contributed by atoms with Crippen molar-refractivity contribution in [3.8, 4) is 5.75 Å². The molecule has 30 heavy (non-hydrogen) atoms. The fourth-order valence-electron chi connectivity index (χ4n) is 3.68. The first-order valence-corrected chi connectivity index (χ1v) is 10.2. The Kier molecular flexibility index (Phi) is 12.1. The summed E-state index contributed by atoms with van der Waals surface area (Å²) in [7, 11) is 1.69. The molecule has 0 saturated carbocycles. The molecule has 0 spiro atoms. The first-order valence-electron chi connectivity index (χ1n) is 10.2. The monoisotopic (exact) mass is 456 g/mol. The number of rotatable bonds is 9. The number of aliphatic hydroxyl groups is 1. The van der Waals surface area contributed by atoms with Gasteiger partial charge >= 0.3 is 0 Å². The molecule has 1 aliphatic heterocycles. The van der Waals surface area contributed by atoms with Crippen LogP contribution in [0.25, 0.3) is 0 Å². The summed E-state index contributed by atoms with van der Waals surface area (Å²) in [6.45, 7) is 6.94. The number of benzene rings is 2. The van der Waals surface area contributed by atoms with Gasteiger partial charge in [0.15, 0.2) is 0 Å². The van der Waals surface area contributed by atoms with E-state index in [1.165, 1.54) is 11.3 Å². The molecule has 2 aromatic rings. The van der Waals surface area contributed by atoms with Gasteiger partial charge in [0.25, 0.3) is 0 Å². The number of methoxy groups -OCH3 is 1. The first kappa shape index (κ1) is 26.5. The molecule has 2 atom stereocenters. The van der Waals surface area contributed by atoms with Crippen LogP contribution in [0.3, 0.4) is 0 Å². The molecule has 2 aromatic carbocycles. The predicted molar refractivity (Wildman–Crippen MR) is 128 cm³/mol. The van der Waals surface area contributed by atoms with Gasteiger partial charge in [-0.25, -0.2) is 0 Å². The molecule has 1 heterocycles. The fraction of sp³-hybridized carbons (Fsp3) is 0.478. The molecule has 7 heteroatoms. The lowest BCUT2D eigenvalue weighted by Crippen LogP contribution is -2.49. The molecule has 0 radical (unpaired) electrons. The van der Waals surface area contributed by atoms with Crippen LogP contribution in [-0.2, 0) is 4.74 Å². The molecule has 0 bridgehead atoms. The Morgan fingerprint density at radius 2 is 1.57 bits per heavy atom. The van der Waals surface area contributed by atoms with Crippen molar-refractivity contribution < 1.29 is 14.6 Å². The second kappa shape index (κ2) is 13.7. The van der Waals surface area contributed by atoms with Crippen LogP contribution in [0, 0.1) is 0 Å². The third kappa shape index (κ3) is 7.64. The summed E-state index contributed by atoms with van der Waals surface area (Å²) in [4.78, 5) is 4.69. The number of nitrogens with zero attached hydrogens (tertiary/aromatic N) is 2. The molecule has 0 aromatic heterocycles. The highest BCUT2D eigenvalue weighted by molar-refractivity contribution is 5.85. The molecule has 1 N–H and O–H groups in total. The van der Waals surface area contributed by atoms with Gasteiger partial charge in [-0.15, -0.1) is 24.8 Å². The number of halogens is 2. The number of anilines is 1. The van der Waals surface area contributed by atoms with E-state index in [9.17, 15) is 5.11 Å². The van der Waals surface area contributed by atoms with Crippen molar-refractivity contribution in [1.82, 2.24) is 4.90 Å². The second-order valence-electron chi connectivity index (χ2n) is 7.28. The van der Waals surface area contributed by atoms with Crippen molar-refractivity contribution in [3.05, 3.63) is 60.2 Å². The summed E-state index contributed by atoms with van der Waals surface area (Å²) >= 11 is 0. The molecule has 1 fully saturated rings. The molecule has 0 aliphatic carbocycles. The van der Waals surface area contributed by atoms with E-state index in [-0.39, 0.29) is 30.9 Å². The van der Waals surface area contributed by atoms with Crippen LogP contribution in [0.15, 0.2) is 54.6 Å². The predicted octanol–water partition coefficient (Wildman–Crippen LogP) is 4.19. The minimum absolute atomic E-state index is 0. The maximum absolute atomic E-state index is 10.4. The lowest BCUT2D eigenvalue weighted by molar-refractivity contribution is -0.0240. The third-order valence-corrected chi connectivity index (χ3v) is 5.31. The molecule has 0 amide bonds. The lowest BCUT2D eigenvalue weighted by Gasteiger charge is -2.37. The topological polar surface area (TPSA) is 45.2 Å². The van der Waals surface area contributed by atoms with Crippen LogP contribution in [0.1, 0.15) is 25.0 Å². The number of hydrogen-bond acceptors (Lipinski definition) is 5. The average Bonchev–Trinajstić information content (AvgIpc) is 2.75. The van der Waals surface area contributed by atoms with Crippen LogP contribution < -0.4 is 9.64 Å². The summed E-state index contributed by atoms with van der Waals surface area (Å²) in [5.41, 5.74) is 2.39. The van der Waals surface area contributed by atoms with E-state index in [1.54, 1.807) is 7.11 Å². The van der Waals surface area contributed by atoms with Crippen molar-refractivity contribution in [2.75, 3.05) is 51.3 Å². The number of ether oxygens (including phenoxy) is 2. The van der Waals surface area contributed by atoms with Gasteiger partial charge in [-0.2, -0.15) is 0 Å². The standard InChI is InChI=1S/C23H32N2O3.2ClH/c1-3-23(19-7-5-4-6-8-19)28-18-21(26)17-24-13-15-25(16-14-24)20-9-11-22(27-2)12-10-20;;/h4-12,21,23,26H,3,13-18H2,1-2H3;2*1H. The highest BCUT2D eigenvalue weighted by Crippen LogP contribution is 2.22. The van der Waals surface area contributed by atoms with Crippen molar-refractivity contribution in [2.24, 2.45) is 0 Å². The molecule has 1 aliphatic rings. The smallest absolute Gasteiger partial charge is 0.119 e. The van der Waals surface area contributed by atoms with Crippen molar-refractivity contribution >= 4 is 30.5 Å². The Balaban J connectivity index is 0.00000225. The molecule has 1 saturated heterocycles. The van der Waals surface area contributed by atoms with E-state index < -0.39 is 6.10 Å². The van der Waals surface area contributed by atoms with Crippen LogP contribution in [0.4, 0.5) is 5.69 Å². The molecule has 168 valence electrons. The number of hydrogen-bond donors (Lipinski definition) is 1. The summed E-state index contributed by atoms with van der Waals surface area (Å²) in [6, 6.07) is 18.4. The second-order valence-corrected chi connectivity index (χ2v) is 7.28. The van der Waals surface area contributed by atoms with E-state index in [0.29, 0.717) is 13.2 Å². The summed E-state index contributed by atoms with van der Waals surface area (Å²) in [5, 5.41) is 10.4. The zero-order chi connectivity index (χ0) is 19.8. The highest BCUT2D eigenvalue weighted by Gasteiger charge is 2.20. The maximum Gasteiger partial charge on any atom is 0.119 e. The summed E-state index contributed by atoms with van der Waals surface area (Å²) < 4.78 is 11.2. The first-order chi connectivity index (χ1) is 13.7. The van der Waals surface area contributed by atoms with Gasteiger partial charge in [-0.3, -0.25) is 4.90 Å². The van der Waals surface area contributed by atoms with Crippen LogP contribution in [-0.4, -0.2) is 62.6 Å². The van der Waals surface area contributed by atoms with Crippen molar-refractivity contribution in [2.45, 2.75) is 25.6 Å². The zero-order valence-electron chi connectivity index (χ0n) is 17.8. The van der Waals surface area contributed by atoms with E-state index in [0.717, 1.165) is 38.3 Å². The van der Waals surface area contributed by atoms with Gasteiger partial charge in [-0.05, 0) is 36.2 Å². The number of β-amino-alcohol motifs (C(OH)–C–C–N with tert-alkyl or cyclic N) is 1. The van der Waals surface area contributed by atoms with Crippen molar-refractivity contribution in [1.29, 1.82) is 0 Å². The van der Waals surface area contributed by atoms with E-state index in [2.05, 4.69) is 41.0 Å². The molecular weight excluding hydrogens is 423 g/mol. The Morgan fingerprint density at radius 3 is 2.13 bits per heavy atom. The summed E-state index contributed by atoms with van der Waals surface area (Å²) in [6.07, 6.45) is 0.477. The molecule has 5 nitrogen and oxygen atoms in total. The largest absolute Gasteiger partial charge is 0.497 e. The van der Waals surface area contributed by atoms with Gasteiger partial charge in [0.1, 0.15) is 5.75 Å². The Morgan fingerprint density at radius 1 is 0.933 bits per heavy atom. The Labute approximate surface area is 192 Å². The zero-order valence-corrected chi connectivity index (χ0v) is 19.4. The van der Waals surface area contributed by atoms with Crippen LogP contribution in [0.2, 0.25) is 0 Å². The Hall–Kier alpha value is -1.50. The lowest BCUT2D eigenvalue weighted by atomic mass is 10.1. The maximum atomic E-state index is 10.4. The SMILES string of the molecule is CCC(OCC(O)CN1CCN(c2ccc(OC)cc2)CC1)c1ccccc1.Cl.Cl. The Bertz CT molecular complexity index is 695. The third-order valence-electron chi connectivity index (χ3n) is 5.31. The minimum Gasteiger partial charge on any atom is -0.497 e. The van der Waals surface area contributed by atoms with Gasteiger partial charge < -0.3 is 19.5 Å². The van der Waals surface area contributed by atoms with E-state index >= 15 is 0 Å². The molecule has 2 unspecified atom stereocenters. The van der Waals surface area contributed by atoms with E-state index in [4.69, 9.17) is 9.47 Å². The van der Waals surface area contributed by atoms with Crippen LogP contribution in [0.5, 0.6) is 5.75 Å². The van der Waals surface area contributed by atoms with Gasteiger partial charge in [0, 0.05) is 38.4 Å². The van der Waals surface area contributed by atoms with Gasteiger partial charge in [0.2, 0.25) is 0 Å². The highest BCUT2D eigenvalue weighted by atomic mass is 35.5. The minimum atomic E-state index is -0.467. The normalized spacial score (nSPS) is 16.2. The molecular formula is C23H34Cl2N2O3.